The monoisotopic (exact) mass is 399 g/mol. The molecule has 146 valence electrons. The topological polar surface area (TPSA) is 91.2 Å². The molecule has 2 aromatic carbocycles. The third-order valence-electron chi connectivity index (χ3n) is 4.05. The van der Waals surface area contributed by atoms with E-state index in [4.69, 9.17) is 9.47 Å². The second-order valence-corrected chi connectivity index (χ2v) is 7.01. The Hall–Kier alpha value is -3.07. The molecule has 1 N–H and O–H groups in total. The van der Waals surface area contributed by atoms with Gasteiger partial charge in [-0.25, -0.2) is 0 Å². The molecular formula is C19H21N5O3S. The summed E-state index contributed by atoms with van der Waals surface area (Å²) in [5, 5.41) is 15.2. The number of hydrogen-bond donors (Lipinski definition) is 1. The number of rotatable bonds is 7. The van der Waals surface area contributed by atoms with Gasteiger partial charge >= 0.3 is 0 Å². The van der Waals surface area contributed by atoms with E-state index in [9.17, 15) is 4.79 Å². The van der Waals surface area contributed by atoms with Gasteiger partial charge in [-0.2, -0.15) is 4.68 Å². The van der Waals surface area contributed by atoms with Crippen molar-refractivity contribution in [1.29, 1.82) is 0 Å². The molecule has 0 radical (unpaired) electrons. The van der Waals surface area contributed by atoms with Gasteiger partial charge in [0.15, 0.2) is 0 Å². The minimum atomic E-state index is -0.202. The van der Waals surface area contributed by atoms with Crippen LogP contribution < -0.4 is 14.8 Å². The smallest absolute Gasteiger partial charge is 0.234 e. The Morgan fingerprint density at radius 1 is 1.14 bits per heavy atom. The maximum absolute atomic E-state index is 12.4. The Bertz CT molecular complexity index is 989. The fraction of sp³-hybridized carbons (Fsp3) is 0.263. The van der Waals surface area contributed by atoms with Crippen LogP contribution in [0.1, 0.15) is 11.1 Å². The fourth-order valence-electron chi connectivity index (χ4n) is 2.60. The zero-order valence-electron chi connectivity index (χ0n) is 16.1. The number of amides is 1. The van der Waals surface area contributed by atoms with E-state index in [0.29, 0.717) is 22.3 Å². The van der Waals surface area contributed by atoms with E-state index in [1.165, 1.54) is 11.8 Å². The minimum absolute atomic E-state index is 0.144. The van der Waals surface area contributed by atoms with Crippen molar-refractivity contribution < 1.29 is 14.3 Å². The third kappa shape index (κ3) is 4.42. The number of aryl methyl sites for hydroxylation is 2. The Morgan fingerprint density at radius 2 is 1.96 bits per heavy atom. The summed E-state index contributed by atoms with van der Waals surface area (Å²) >= 11 is 1.26. The number of tetrazole rings is 1. The third-order valence-corrected chi connectivity index (χ3v) is 4.97. The lowest BCUT2D eigenvalue weighted by Gasteiger charge is -2.12. The van der Waals surface area contributed by atoms with Crippen LogP contribution in [0.25, 0.3) is 5.69 Å². The number of methoxy groups -OCH3 is 2. The van der Waals surface area contributed by atoms with Crippen molar-refractivity contribution in [3.63, 3.8) is 0 Å². The van der Waals surface area contributed by atoms with Gasteiger partial charge in [0.05, 0.1) is 31.3 Å². The molecule has 9 heteroatoms. The lowest BCUT2D eigenvalue weighted by Crippen LogP contribution is -2.15. The van der Waals surface area contributed by atoms with Gasteiger partial charge in [0.25, 0.3) is 0 Å². The normalized spacial score (nSPS) is 10.6. The van der Waals surface area contributed by atoms with Crippen LogP contribution in [0.5, 0.6) is 11.5 Å². The van der Waals surface area contributed by atoms with Crippen molar-refractivity contribution in [1.82, 2.24) is 20.2 Å². The number of carbonyl (C=O) groups is 1. The highest BCUT2D eigenvalue weighted by Crippen LogP contribution is 2.29. The Balaban J connectivity index is 1.71. The van der Waals surface area contributed by atoms with Crippen LogP contribution in [0.4, 0.5) is 5.69 Å². The predicted molar refractivity (Wildman–Crippen MR) is 108 cm³/mol. The van der Waals surface area contributed by atoms with Gasteiger partial charge in [-0.05, 0) is 53.6 Å². The number of hydrogen-bond acceptors (Lipinski definition) is 7. The van der Waals surface area contributed by atoms with Gasteiger partial charge < -0.3 is 14.8 Å². The lowest BCUT2D eigenvalue weighted by atomic mass is 10.1. The van der Waals surface area contributed by atoms with Crippen LogP contribution in [-0.4, -0.2) is 46.1 Å². The van der Waals surface area contributed by atoms with Gasteiger partial charge in [0, 0.05) is 6.07 Å². The SMILES string of the molecule is COc1ccc(OC)c(NC(=O)CSc2nnnn2-c2cc(C)ccc2C)c1. The Kier molecular flexibility index (Phi) is 6.15. The highest BCUT2D eigenvalue weighted by molar-refractivity contribution is 7.99. The average molecular weight is 399 g/mol. The second-order valence-electron chi connectivity index (χ2n) is 6.07. The minimum Gasteiger partial charge on any atom is -0.497 e. The van der Waals surface area contributed by atoms with E-state index in [-0.39, 0.29) is 11.7 Å². The molecule has 0 aliphatic carbocycles. The van der Waals surface area contributed by atoms with Gasteiger partial charge in [0.1, 0.15) is 11.5 Å². The summed E-state index contributed by atoms with van der Waals surface area (Å²) in [6.45, 7) is 4.00. The number of ether oxygens (including phenoxy) is 2. The molecule has 0 aliphatic rings. The number of aromatic nitrogens is 4. The zero-order chi connectivity index (χ0) is 20.1. The molecule has 0 spiro atoms. The zero-order valence-corrected chi connectivity index (χ0v) is 16.9. The summed E-state index contributed by atoms with van der Waals surface area (Å²) < 4.78 is 12.1. The molecule has 0 saturated carbocycles. The van der Waals surface area contributed by atoms with Gasteiger partial charge in [-0.3, -0.25) is 4.79 Å². The fourth-order valence-corrected chi connectivity index (χ4v) is 3.28. The number of carbonyl (C=O) groups excluding carboxylic acids is 1. The summed E-state index contributed by atoms with van der Waals surface area (Å²) in [7, 11) is 3.11. The standard InChI is InChI=1S/C19H21N5O3S/c1-12-5-6-13(2)16(9-12)24-19(21-22-23-24)28-11-18(25)20-15-10-14(26-3)7-8-17(15)27-4/h5-10H,11H2,1-4H3,(H,20,25). The Morgan fingerprint density at radius 3 is 2.71 bits per heavy atom. The molecule has 3 rings (SSSR count). The molecular weight excluding hydrogens is 378 g/mol. The molecule has 28 heavy (non-hydrogen) atoms. The molecule has 0 aliphatic heterocycles. The van der Waals surface area contributed by atoms with Gasteiger partial charge in [-0.1, -0.05) is 23.9 Å². The van der Waals surface area contributed by atoms with E-state index < -0.39 is 0 Å². The van der Waals surface area contributed by atoms with Crippen LogP contribution in [-0.2, 0) is 4.79 Å². The molecule has 1 aromatic heterocycles. The largest absolute Gasteiger partial charge is 0.497 e. The highest BCUT2D eigenvalue weighted by atomic mass is 32.2. The first kappa shape index (κ1) is 19.7. The highest BCUT2D eigenvalue weighted by Gasteiger charge is 2.15. The molecule has 0 atom stereocenters. The molecule has 3 aromatic rings. The molecule has 0 bridgehead atoms. The number of thioether (sulfide) groups is 1. The van der Waals surface area contributed by atoms with Crippen LogP contribution in [0.3, 0.4) is 0 Å². The summed E-state index contributed by atoms with van der Waals surface area (Å²) in [5.74, 6) is 1.13. The molecule has 1 amide bonds. The van der Waals surface area contributed by atoms with E-state index in [1.807, 2.05) is 32.0 Å². The number of nitrogens with zero attached hydrogens (tertiary/aromatic N) is 4. The first-order valence-corrected chi connectivity index (χ1v) is 9.51. The quantitative estimate of drug-likeness (QED) is 0.611. The average Bonchev–Trinajstić information content (AvgIpc) is 3.16. The van der Waals surface area contributed by atoms with Crippen molar-refractivity contribution in [3.8, 4) is 17.2 Å². The Labute approximate surface area is 167 Å². The van der Waals surface area contributed by atoms with Crippen LogP contribution in [0, 0.1) is 13.8 Å². The van der Waals surface area contributed by atoms with E-state index >= 15 is 0 Å². The first-order valence-electron chi connectivity index (χ1n) is 8.52. The van der Waals surface area contributed by atoms with E-state index in [2.05, 4.69) is 20.8 Å². The summed E-state index contributed by atoms with van der Waals surface area (Å²) in [6.07, 6.45) is 0. The lowest BCUT2D eigenvalue weighted by molar-refractivity contribution is -0.113. The van der Waals surface area contributed by atoms with Crippen LogP contribution >= 0.6 is 11.8 Å². The second kappa shape index (κ2) is 8.75. The van der Waals surface area contributed by atoms with Crippen molar-refractivity contribution >= 4 is 23.4 Å². The molecule has 0 saturated heterocycles. The number of anilines is 1. The van der Waals surface area contributed by atoms with Crippen molar-refractivity contribution in [2.45, 2.75) is 19.0 Å². The molecule has 8 nitrogen and oxygen atoms in total. The molecule has 1 heterocycles. The summed E-state index contributed by atoms with van der Waals surface area (Å²) in [6, 6.07) is 11.3. The van der Waals surface area contributed by atoms with Gasteiger partial charge in [0.2, 0.25) is 11.1 Å². The van der Waals surface area contributed by atoms with Crippen molar-refractivity contribution in [2.24, 2.45) is 0 Å². The van der Waals surface area contributed by atoms with Gasteiger partial charge in [-0.15, -0.1) is 5.10 Å². The number of nitrogens with one attached hydrogen (secondary N) is 1. The van der Waals surface area contributed by atoms with Crippen LogP contribution in [0.15, 0.2) is 41.6 Å². The van der Waals surface area contributed by atoms with Crippen LogP contribution in [0.2, 0.25) is 0 Å². The predicted octanol–water partition coefficient (Wildman–Crippen LogP) is 3.03. The number of benzene rings is 2. The first-order chi connectivity index (χ1) is 13.5. The maximum atomic E-state index is 12.4. The van der Waals surface area contributed by atoms with E-state index in [1.54, 1.807) is 37.1 Å². The van der Waals surface area contributed by atoms with E-state index in [0.717, 1.165) is 16.8 Å². The maximum Gasteiger partial charge on any atom is 0.234 e. The summed E-state index contributed by atoms with van der Waals surface area (Å²) in [5.41, 5.74) is 3.59. The van der Waals surface area contributed by atoms with Crippen molar-refractivity contribution in [3.05, 3.63) is 47.5 Å². The summed E-state index contributed by atoms with van der Waals surface area (Å²) in [4.78, 5) is 12.4. The molecule has 0 unspecified atom stereocenters. The van der Waals surface area contributed by atoms with Crippen molar-refractivity contribution in [2.75, 3.05) is 25.3 Å². The molecule has 0 fully saturated rings.